The monoisotopic (exact) mass is 207 g/mol. The second-order valence-corrected chi connectivity index (χ2v) is 4.33. The lowest BCUT2D eigenvalue weighted by Gasteiger charge is -1.99. The van der Waals surface area contributed by atoms with E-state index in [2.05, 4.69) is 4.98 Å². The van der Waals surface area contributed by atoms with Crippen LogP contribution in [0.1, 0.15) is 22.3 Å². The number of phenolic OH excluding ortho intramolecular Hbond substituents is 1. The number of carbonyl (C=O) groups is 1. The highest BCUT2D eigenvalue weighted by Crippen LogP contribution is 2.30. The number of Topliss-reactive ketones (excluding diaryl/α,β-unsaturated/α-hetero) is 1. The van der Waals surface area contributed by atoms with Crippen LogP contribution in [-0.4, -0.2) is 15.9 Å². The van der Waals surface area contributed by atoms with E-state index in [0.29, 0.717) is 11.1 Å². The predicted octanol–water partition coefficient (Wildman–Crippen LogP) is 2.51. The summed E-state index contributed by atoms with van der Waals surface area (Å²) in [6.45, 7) is 3.31. The second kappa shape index (κ2) is 3.06. The second-order valence-electron chi connectivity index (χ2n) is 3.10. The van der Waals surface area contributed by atoms with E-state index in [0.717, 1.165) is 9.71 Å². The largest absolute Gasteiger partial charge is 0.507 e. The van der Waals surface area contributed by atoms with E-state index >= 15 is 0 Å². The molecule has 0 aliphatic heterocycles. The van der Waals surface area contributed by atoms with Gasteiger partial charge in [0.15, 0.2) is 5.78 Å². The summed E-state index contributed by atoms with van der Waals surface area (Å²) >= 11 is 1.52. The van der Waals surface area contributed by atoms with Crippen molar-refractivity contribution < 1.29 is 9.90 Å². The number of aromatic hydroxyl groups is 1. The Hall–Kier alpha value is -1.42. The molecule has 0 unspecified atom stereocenters. The highest BCUT2D eigenvalue weighted by molar-refractivity contribution is 7.18. The number of fused-ring (bicyclic) bond motifs is 1. The number of ketones is 1. The van der Waals surface area contributed by atoms with Crippen molar-refractivity contribution in [3.05, 3.63) is 22.7 Å². The molecule has 0 bridgehead atoms. The number of aryl methyl sites for hydroxylation is 1. The molecule has 3 nitrogen and oxygen atoms in total. The highest BCUT2D eigenvalue weighted by Gasteiger charge is 2.14. The summed E-state index contributed by atoms with van der Waals surface area (Å²) in [5.74, 6) is -0.145. The van der Waals surface area contributed by atoms with Crippen molar-refractivity contribution in [2.24, 2.45) is 0 Å². The van der Waals surface area contributed by atoms with Crippen LogP contribution in [-0.2, 0) is 0 Å². The van der Waals surface area contributed by atoms with Gasteiger partial charge in [0.05, 0.1) is 20.8 Å². The molecule has 1 aromatic heterocycles. The van der Waals surface area contributed by atoms with Crippen molar-refractivity contribution in [2.75, 3.05) is 0 Å². The fourth-order valence-corrected chi connectivity index (χ4v) is 2.28. The average Bonchev–Trinajstić information content (AvgIpc) is 2.43. The van der Waals surface area contributed by atoms with Crippen molar-refractivity contribution in [3.63, 3.8) is 0 Å². The Bertz CT molecular complexity index is 516. The van der Waals surface area contributed by atoms with Gasteiger partial charge < -0.3 is 5.11 Å². The number of hydrogen-bond donors (Lipinski definition) is 1. The van der Waals surface area contributed by atoms with Gasteiger partial charge in [0.1, 0.15) is 5.75 Å². The Balaban J connectivity index is 2.88. The zero-order valence-corrected chi connectivity index (χ0v) is 8.68. The molecule has 0 saturated heterocycles. The van der Waals surface area contributed by atoms with Crippen LogP contribution in [0.2, 0.25) is 0 Å². The molecule has 0 spiro atoms. The van der Waals surface area contributed by atoms with E-state index in [-0.39, 0.29) is 11.5 Å². The topological polar surface area (TPSA) is 50.2 Å². The molecule has 1 aromatic carbocycles. The molecule has 1 heterocycles. The van der Waals surface area contributed by atoms with Crippen LogP contribution in [0.15, 0.2) is 12.1 Å². The summed E-state index contributed by atoms with van der Waals surface area (Å²) in [5, 5.41) is 10.4. The molecule has 0 aliphatic rings. The van der Waals surface area contributed by atoms with E-state index in [1.807, 2.05) is 6.92 Å². The number of hydrogen-bond acceptors (Lipinski definition) is 4. The van der Waals surface area contributed by atoms with Gasteiger partial charge >= 0.3 is 0 Å². The molecular formula is C10H9NO2S. The van der Waals surface area contributed by atoms with Gasteiger partial charge in [-0.15, -0.1) is 11.3 Å². The van der Waals surface area contributed by atoms with Crippen molar-refractivity contribution in [3.8, 4) is 5.75 Å². The van der Waals surface area contributed by atoms with Crippen LogP contribution in [0.5, 0.6) is 5.75 Å². The van der Waals surface area contributed by atoms with E-state index in [9.17, 15) is 9.90 Å². The Morgan fingerprint density at radius 2 is 2.21 bits per heavy atom. The molecule has 0 amide bonds. The van der Waals surface area contributed by atoms with Gasteiger partial charge in [-0.1, -0.05) is 0 Å². The molecule has 72 valence electrons. The molecule has 0 fully saturated rings. The summed E-state index contributed by atoms with van der Waals surface area (Å²) < 4.78 is 0.936. The maximum absolute atomic E-state index is 11.3. The summed E-state index contributed by atoms with van der Waals surface area (Å²) in [6.07, 6.45) is 0. The Morgan fingerprint density at radius 3 is 2.86 bits per heavy atom. The number of aromatic nitrogens is 1. The standard InChI is InChI=1S/C10H9NO2S/c1-5(12)9-7(13)3-4-8-10(9)11-6(2)14-8/h3-4,13H,1-2H3. The lowest BCUT2D eigenvalue weighted by atomic mass is 10.1. The first-order valence-corrected chi connectivity index (χ1v) is 5.01. The molecule has 4 heteroatoms. The van der Waals surface area contributed by atoms with Crippen LogP contribution in [0.25, 0.3) is 10.2 Å². The maximum atomic E-state index is 11.3. The normalized spacial score (nSPS) is 10.7. The molecule has 0 radical (unpaired) electrons. The average molecular weight is 207 g/mol. The Kier molecular flexibility index (Phi) is 2.00. The van der Waals surface area contributed by atoms with E-state index < -0.39 is 0 Å². The Labute approximate surface area is 85.0 Å². The first-order valence-electron chi connectivity index (χ1n) is 4.19. The molecule has 1 N–H and O–H groups in total. The molecule has 14 heavy (non-hydrogen) atoms. The van der Waals surface area contributed by atoms with Gasteiger partial charge in [0, 0.05) is 0 Å². The SMILES string of the molecule is CC(=O)c1c(O)ccc2sc(C)nc12. The molecule has 2 aromatic rings. The zero-order valence-electron chi connectivity index (χ0n) is 7.87. The van der Waals surface area contributed by atoms with E-state index in [1.165, 1.54) is 24.3 Å². The fourth-order valence-electron chi connectivity index (χ4n) is 1.44. The zero-order chi connectivity index (χ0) is 10.3. The molecule has 0 aliphatic carbocycles. The summed E-state index contributed by atoms with van der Waals surface area (Å²) in [5.41, 5.74) is 0.937. The Morgan fingerprint density at radius 1 is 1.50 bits per heavy atom. The third kappa shape index (κ3) is 1.28. The minimum absolute atomic E-state index is 0.00954. The first kappa shape index (κ1) is 9.15. The molecule has 0 saturated carbocycles. The van der Waals surface area contributed by atoms with Gasteiger partial charge in [0.25, 0.3) is 0 Å². The van der Waals surface area contributed by atoms with Gasteiger partial charge in [-0.25, -0.2) is 4.98 Å². The van der Waals surface area contributed by atoms with Crippen LogP contribution in [0, 0.1) is 6.92 Å². The number of thiazole rings is 1. The maximum Gasteiger partial charge on any atom is 0.165 e. The van der Waals surface area contributed by atoms with Gasteiger partial charge in [-0.05, 0) is 26.0 Å². The van der Waals surface area contributed by atoms with Crippen molar-refractivity contribution >= 4 is 27.3 Å². The van der Waals surface area contributed by atoms with Crippen molar-refractivity contribution in [2.45, 2.75) is 13.8 Å². The van der Waals surface area contributed by atoms with E-state index in [4.69, 9.17) is 0 Å². The number of rotatable bonds is 1. The van der Waals surface area contributed by atoms with Gasteiger partial charge in [0.2, 0.25) is 0 Å². The van der Waals surface area contributed by atoms with Gasteiger partial charge in [-0.2, -0.15) is 0 Å². The third-order valence-corrected chi connectivity index (χ3v) is 2.93. The molecular weight excluding hydrogens is 198 g/mol. The summed E-state index contributed by atoms with van der Waals surface area (Å²) in [4.78, 5) is 15.5. The number of carbonyl (C=O) groups excluding carboxylic acids is 1. The van der Waals surface area contributed by atoms with Crippen LogP contribution < -0.4 is 0 Å². The van der Waals surface area contributed by atoms with E-state index in [1.54, 1.807) is 6.07 Å². The van der Waals surface area contributed by atoms with Crippen LogP contribution >= 0.6 is 11.3 Å². The minimum Gasteiger partial charge on any atom is -0.507 e. The third-order valence-electron chi connectivity index (χ3n) is 2.00. The lowest BCUT2D eigenvalue weighted by molar-refractivity contribution is 0.101. The summed E-state index contributed by atoms with van der Waals surface area (Å²) in [6, 6.07) is 3.32. The highest BCUT2D eigenvalue weighted by atomic mass is 32.1. The van der Waals surface area contributed by atoms with Crippen LogP contribution in [0.3, 0.4) is 0 Å². The summed E-state index contributed by atoms with van der Waals surface area (Å²) in [7, 11) is 0. The van der Waals surface area contributed by atoms with Crippen molar-refractivity contribution in [1.29, 1.82) is 0 Å². The fraction of sp³-hybridized carbons (Fsp3) is 0.200. The first-order chi connectivity index (χ1) is 6.59. The quantitative estimate of drug-likeness (QED) is 0.731. The molecule has 0 atom stereocenters. The number of phenols is 1. The minimum atomic E-state index is -0.154. The number of benzene rings is 1. The van der Waals surface area contributed by atoms with Crippen LogP contribution in [0.4, 0.5) is 0 Å². The molecule has 2 rings (SSSR count). The van der Waals surface area contributed by atoms with Crippen molar-refractivity contribution in [1.82, 2.24) is 4.98 Å². The lowest BCUT2D eigenvalue weighted by Crippen LogP contribution is -1.94. The predicted molar refractivity (Wildman–Crippen MR) is 56.0 cm³/mol. The van der Waals surface area contributed by atoms with Gasteiger partial charge in [-0.3, -0.25) is 4.79 Å². The smallest absolute Gasteiger partial charge is 0.165 e. The number of nitrogens with zero attached hydrogens (tertiary/aromatic N) is 1.